The van der Waals surface area contributed by atoms with Crippen LogP contribution in [0.15, 0.2) is 30.6 Å². The first-order valence-electron chi connectivity index (χ1n) is 6.68. The monoisotopic (exact) mass is 258 g/mol. The fourth-order valence-corrected chi connectivity index (χ4v) is 2.50. The molecule has 0 aliphatic carbocycles. The van der Waals surface area contributed by atoms with Crippen LogP contribution in [-0.4, -0.2) is 57.8 Å². The SMILES string of the molecule is CCN1CCN(c2ccccc2-n2cnnn2)CC1. The second-order valence-corrected chi connectivity index (χ2v) is 4.66. The van der Waals surface area contributed by atoms with Gasteiger partial charge in [0.15, 0.2) is 0 Å². The van der Waals surface area contributed by atoms with E-state index in [2.05, 4.69) is 50.4 Å². The van der Waals surface area contributed by atoms with Crippen LogP contribution in [-0.2, 0) is 0 Å². The molecule has 0 atom stereocenters. The number of benzene rings is 1. The third-order valence-electron chi connectivity index (χ3n) is 3.64. The predicted octanol–water partition coefficient (Wildman–Crippen LogP) is 0.804. The Bertz CT molecular complexity index is 516. The Morgan fingerprint density at radius 2 is 1.79 bits per heavy atom. The Kier molecular flexibility index (Phi) is 3.41. The number of likely N-dealkylation sites (N-methyl/N-ethyl adjacent to an activating group) is 1. The highest BCUT2D eigenvalue weighted by atomic mass is 15.5. The second-order valence-electron chi connectivity index (χ2n) is 4.66. The maximum atomic E-state index is 3.99. The molecule has 1 aliphatic rings. The van der Waals surface area contributed by atoms with Crippen LogP contribution in [0.5, 0.6) is 0 Å². The van der Waals surface area contributed by atoms with E-state index in [4.69, 9.17) is 0 Å². The van der Waals surface area contributed by atoms with Gasteiger partial charge in [0, 0.05) is 26.2 Å². The Morgan fingerprint density at radius 3 is 2.42 bits per heavy atom. The minimum absolute atomic E-state index is 1.04. The van der Waals surface area contributed by atoms with Crippen molar-refractivity contribution in [1.82, 2.24) is 25.1 Å². The number of anilines is 1. The first-order chi connectivity index (χ1) is 9.38. The number of piperazine rings is 1. The molecule has 3 rings (SSSR count). The van der Waals surface area contributed by atoms with Crippen LogP contribution in [0.2, 0.25) is 0 Å². The van der Waals surface area contributed by atoms with Crippen LogP contribution < -0.4 is 4.90 Å². The fraction of sp³-hybridized carbons (Fsp3) is 0.462. The molecule has 0 radical (unpaired) electrons. The lowest BCUT2D eigenvalue weighted by Gasteiger charge is -2.36. The lowest BCUT2D eigenvalue weighted by Crippen LogP contribution is -2.46. The van der Waals surface area contributed by atoms with Gasteiger partial charge in [-0.2, -0.15) is 4.68 Å². The summed E-state index contributed by atoms with van der Waals surface area (Å²) < 4.78 is 1.72. The number of nitrogens with zero attached hydrogens (tertiary/aromatic N) is 6. The summed E-state index contributed by atoms with van der Waals surface area (Å²) in [5.41, 5.74) is 2.24. The van der Waals surface area contributed by atoms with Gasteiger partial charge in [-0.1, -0.05) is 19.1 Å². The van der Waals surface area contributed by atoms with Crippen molar-refractivity contribution in [3.8, 4) is 5.69 Å². The van der Waals surface area contributed by atoms with E-state index in [1.165, 1.54) is 5.69 Å². The van der Waals surface area contributed by atoms with Crippen LogP contribution in [0.25, 0.3) is 5.69 Å². The van der Waals surface area contributed by atoms with Crippen molar-refractivity contribution in [2.75, 3.05) is 37.6 Å². The minimum atomic E-state index is 1.04. The summed E-state index contributed by atoms with van der Waals surface area (Å²) in [6.45, 7) is 7.66. The van der Waals surface area contributed by atoms with Crippen molar-refractivity contribution in [1.29, 1.82) is 0 Å². The summed E-state index contributed by atoms with van der Waals surface area (Å²) in [4.78, 5) is 4.87. The lowest BCUT2D eigenvalue weighted by molar-refractivity contribution is 0.271. The van der Waals surface area contributed by atoms with Crippen molar-refractivity contribution >= 4 is 5.69 Å². The lowest BCUT2D eigenvalue weighted by atomic mass is 10.2. The van der Waals surface area contributed by atoms with Gasteiger partial charge in [0.2, 0.25) is 0 Å². The Labute approximate surface area is 112 Å². The van der Waals surface area contributed by atoms with E-state index in [0.29, 0.717) is 0 Å². The number of hydrogen-bond acceptors (Lipinski definition) is 5. The standard InChI is InChI=1S/C13H18N6/c1-2-17-7-9-18(10-8-17)12-5-3-4-6-13(12)19-11-14-15-16-19/h3-6,11H,2,7-10H2,1H3. The van der Waals surface area contributed by atoms with Crippen molar-refractivity contribution in [3.63, 3.8) is 0 Å². The molecule has 1 aromatic heterocycles. The van der Waals surface area contributed by atoms with E-state index in [9.17, 15) is 0 Å². The Morgan fingerprint density at radius 1 is 1.05 bits per heavy atom. The molecule has 1 fully saturated rings. The topological polar surface area (TPSA) is 50.1 Å². The van der Waals surface area contributed by atoms with Gasteiger partial charge < -0.3 is 9.80 Å². The first-order valence-corrected chi connectivity index (χ1v) is 6.68. The normalized spacial score (nSPS) is 16.8. The average molecular weight is 258 g/mol. The molecule has 100 valence electrons. The van der Waals surface area contributed by atoms with E-state index >= 15 is 0 Å². The molecule has 1 aromatic carbocycles. The van der Waals surface area contributed by atoms with Crippen LogP contribution in [0.4, 0.5) is 5.69 Å². The van der Waals surface area contributed by atoms with E-state index in [-0.39, 0.29) is 0 Å². The van der Waals surface area contributed by atoms with Crippen molar-refractivity contribution in [2.24, 2.45) is 0 Å². The van der Waals surface area contributed by atoms with Gasteiger partial charge in [0.1, 0.15) is 6.33 Å². The summed E-state index contributed by atoms with van der Waals surface area (Å²) in [6, 6.07) is 8.27. The molecule has 0 amide bonds. The zero-order valence-electron chi connectivity index (χ0n) is 11.1. The number of para-hydroxylation sites is 2. The molecule has 6 nitrogen and oxygen atoms in total. The van der Waals surface area contributed by atoms with Crippen LogP contribution >= 0.6 is 0 Å². The molecule has 0 N–H and O–H groups in total. The molecule has 0 saturated carbocycles. The number of rotatable bonds is 3. The zero-order valence-corrected chi connectivity index (χ0v) is 11.1. The fourth-order valence-electron chi connectivity index (χ4n) is 2.50. The Balaban J connectivity index is 1.85. The third kappa shape index (κ3) is 2.44. The van der Waals surface area contributed by atoms with Gasteiger partial charge in [-0.05, 0) is 29.1 Å². The highest BCUT2D eigenvalue weighted by molar-refractivity contribution is 5.62. The van der Waals surface area contributed by atoms with Gasteiger partial charge >= 0.3 is 0 Å². The number of aromatic nitrogens is 4. The number of hydrogen-bond donors (Lipinski definition) is 0. The predicted molar refractivity (Wildman–Crippen MR) is 73.5 cm³/mol. The minimum Gasteiger partial charge on any atom is -0.367 e. The maximum Gasteiger partial charge on any atom is 0.143 e. The van der Waals surface area contributed by atoms with Gasteiger partial charge in [-0.15, -0.1) is 5.10 Å². The third-order valence-corrected chi connectivity index (χ3v) is 3.64. The van der Waals surface area contributed by atoms with E-state index in [0.717, 1.165) is 38.4 Å². The molecule has 0 unspecified atom stereocenters. The van der Waals surface area contributed by atoms with Crippen LogP contribution in [0.1, 0.15) is 6.92 Å². The van der Waals surface area contributed by atoms with Crippen LogP contribution in [0, 0.1) is 0 Å². The van der Waals surface area contributed by atoms with Gasteiger partial charge in [-0.25, -0.2) is 0 Å². The van der Waals surface area contributed by atoms with E-state index in [1.54, 1.807) is 11.0 Å². The summed E-state index contributed by atoms with van der Waals surface area (Å²) in [6.07, 6.45) is 1.64. The van der Waals surface area contributed by atoms with Crippen LogP contribution in [0.3, 0.4) is 0 Å². The molecule has 0 spiro atoms. The van der Waals surface area contributed by atoms with Crippen molar-refractivity contribution in [3.05, 3.63) is 30.6 Å². The molecule has 6 heteroatoms. The molecule has 2 aromatic rings. The largest absolute Gasteiger partial charge is 0.367 e. The van der Waals surface area contributed by atoms with E-state index < -0.39 is 0 Å². The molecular formula is C13H18N6. The van der Waals surface area contributed by atoms with Gasteiger partial charge in [0.25, 0.3) is 0 Å². The molecule has 1 saturated heterocycles. The quantitative estimate of drug-likeness (QED) is 0.815. The summed E-state index contributed by atoms with van der Waals surface area (Å²) >= 11 is 0. The first kappa shape index (κ1) is 12.1. The van der Waals surface area contributed by atoms with E-state index in [1.807, 2.05) is 6.07 Å². The summed E-state index contributed by atoms with van der Waals surface area (Å²) in [5, 5.41) is 11.4. The highest BCUT2D eigenvalue weighted by Crippen LogP contribution is 2.24. The zero-order chi connectivity index (χ0) is 13.1. The molecule has 1 aliphatic heterocycles. The summed E-state index contributed by atoms with van der Waals surface area (Å²) in [5.74, 6) is 0. The molecular weight excluding hydrogens is 240 g/mol. The molecule has 19 heavy (non-hydrogen) atoms. The smallest absolute Gasteiger partial charge is 0.143 e. The number of tetrazole rings is 1. The maximum absolute atomic E-state index is 3.99. The average Bonchev–Trinajstić information content (AvgIpc) is 3.01. The molecule has 2 heterocycles. The van der Waals surface area contributed by atoms with Gasteiger partial charge in [0.05, 0.1) is 11.4 Å². The Hall–Kier alpha value is -1.95. The highest BCUT2D eigenvalue weighted by Gasteiger charge is 2.18. The molecule has 0 bridgehead atoms. The van der Waals surface area contributed by atoms with Crippen molar-refractivity contribution in [2.45, 2.75) is 6.92 Å². The summed E-state index contributed by atoms with van der Waals surface area (Å²) in [7, 11) is 0. The second kappa shape index (κ2) is 5.36. The van der Waals surface area contributed by atoms with Crippen molar-refractivity contribution < 1.29 is 0 Å². The van der Waals surface area contributed by atoms with Gasteiger partial charge in [-0.3, -0.25) is 0 Å².